The fourth-order valence-corrected chi connectivity index (χ4v) is 4.38. The highest BCUT2D eigenvalue weighted by Crippen LogP contribution is 2.49. The zero-order valence-electron chi connectivity index (χ0n) is 18.2. The van der Waals surface area contributed by atoms with E-state index in [4.69, 9.17) is 9.47 Å². The topological polar surface area (TPSA) is 35.5 Å². The summed E-state index contributed by atoms with van der Waals surface area (Å²) >= 11 is 0. The summed E-state index contributed by atoms with van der Waals surface area (Å²) in [7, 11) is 2.85. The summed E-state index contributed by atoms with van der Waals surface area (Å²) in [6.07, 6.45) is 1.68. The molecule has 2 unspecified atom stereocenters. The molecule has 34 heavy (non-hydrogen) atoms. The van der Waals surface area contributed by atoms with Crippen molar-refractivity contribution < 1.29 is 36.2 Å². The fourth-order valence-electron chi connectivity index (χ4n) is 4.38. The van der Waals surface area contributed by atoms with E-state index in [-0.39, 0.29) is 12.0 Å². The Morgan fingerprint density at radius 1 is 0.853 bits per heavy atom. The Kier molecular flexibility index (Phi) is 6.41. The lowest BCUT2D eigenvalue weighted by Crippen LogP contribution is -2.14. The highest BCUT2D eigenvalue weighted by Gasteiger charge is 2.37. The van der Waals surface area contributed by atoms with Gasteiger partial charge in [-0.15, -0.1) is 0 Å². The van der Waals surface area contributed by atoms with Crippen LogP contribution in [0.4, 0.5) is 22.0 Å². The number of halogens is 5. The highest BCUT2D eigenvalue weighted by molar-refractivity contribution is 6.10. The van der Waals surface area contributed by atoms with Crippen LogP contribution in [0, 0.1) is 29.1 Å². The number of methoxy groups -OCH3 is 2. The molecule has 3 nitrogen and oxygen atoms in total. The molecule has 0 heterocycles. The van der Waals surface area contributed by atoms with Gasteiger partial charge in [-0.1, -0.05) is 24.3 Å². The van der Waals surface area contributed by atoms with Crippen LogP contribution in [0.1, 0.15) is 39.7 Å². The minimum atomic E-state index is -1.34. The van der Waals surface area contributed by atoms with Gasteiger partial charge >= 0.3 is 0 Å². The minimum Gasteiger partial charge on any atom is -0.493 e. The van der Waals surface area contributed by atoms with Crippen LogP contribution < -0.4 is 9.47 Å². The second-order valence-corrected chi connectivity index (χ2v) is 7.85. The van der Waals surface area contributed by atoms with Crippen molar-refractivity contribution in [3.05, 3.63) is 106 Å². The molecular formula is C26H19F5O3. The molecule has 0 aliphatic heterocycles. The van der Waals surface area contributed by atoms with Gasteiger partial charge < -0.3 is 9.47 Å². The predicted octanol–water partition coefficient (Wildman–Crippen LogP) is 6.48. The van der Waals surface area contributed by atoms with Crippen molar-refractivity contribution in [1.82, 2.24) is 0 Å². The van der Waals surface area contributed by atoms with Crippen molar-refractivity contribution in [2.24, 2.45) is 0 Å². The second kappa shape index (κ2) is 9.29. The largest absolute Gasteiger partial charge is 0.493 e. The Bertz CT molecular complexity index is 1280. The maximum atomic E-state index is 14.5. The average Bonchev–Trinajstić information content (AvgIpc) is 3.24. The van der Waals surface area contributed by atoms with Crippen LogP contribution in [0.3, 0.4) is 0 Å². The molecule has 1 aliphatic rings. The number of rotatable bonds is 6. The number of Topliss-reactive ketones (excluding diaryl/α,β-unsaturated/α-hetero) is 1. The molecule has 0 aromatic heterocycles. The molecule has 0 bridgehead atoms. The van der Waals surface area contributed by atoms with Gasteiger partial charge in [-0.05, 0) is 30.2 Å². The van der Waals surface area contributed by atoms with Crippen LogP contribution in [-0.2, 0) is 0 Å². The van der Waals surface area contributed by atoms with Gasteiger partial charge in [0.2, 0.25) is 0 Å². The molecule has 0 saturated heterocycles. The van der Waals surface area contributed by atoms with Crippen LogP contribution >= 0.6 is 0 Å². The van der Waals surface area contributed by atoms with Crippen molar-refractivity contribution in [2.45, 2.75) is 18.3 Å². The third-order valence-corrected chi connectivity index (χ3v) is 5.92. The molecule has 0 radical (unpaired) electrons. The SMILES string of the molecule is COc1cccc(C2CC(c3ccc(F)c(F)c3)C=C2C(=O)c2c(F)cc(F)cc2F)c1OC. The van der Waals surface area contributed by atoms with Crippen molar-refractivity contribution in [1.29, 1.82) is 0 Å². The predicted molar refractivity (Wildman–Crippen MR) is 115 cm³/mol. The van der Waals surface area contributed by atoms with E-state index in [1.54, 1.807) is 18.2 Å². The third-order valence-electron chi connectivity index (χ3n) is 5.92. The van der Waals surface area contributed by atoms with E-state index >= 15 is 0 Å². The summed E-state index contributed by atoms with van der Waals surface area (Å²) in [5.41, 5.74) is 0.0132. The van der Waals surface area contributed by atoms with Gasteiger partial charge in [0.25, 0.3) is 0 Å². The van der Waals surface area contributed by atoms with Crippen LogP contribution in [0.5, 0.6) is 11.5 Å². The first-order valence-electron chi connectivity index (χ1n) is 10.3. The summed E-state index contributed by atoms with van der Waals surface area (Å²) in [5, 5.41) is 0. The summed E-state index contributed by atoms with van der Waals surface area (Å²) in [5.74, 6) is -7.48. The molecule has 0 spiro atoms. The van der Waals surface area contributed by atoms with Crippen LogP contribution in [0.15, 0.2) is 60.2 Å². The van der Waals surface area contributed by atoms with Crippen molar-refractivity contribution in [3.8, 4) is 11.5 Å². The Morgan fingerprint density at radius 2 is 1.56 bits per heavy atom. The maximum Gasteiger partial charge on any atom is 0.195 e. The molecular weight excluding hydrogens is 455 g/mol. The van der Waals surface area contributed by atoms with Gasteiger partial charge in [0.05, 0.1) is 19.8 Å². The fraction of sp³-hybridized carbons (Fsp3) is 0.192. The number of hydrogen-bond donors (Lipinski definition) is 0. The molecule has 0 fully saturated rings. The molecule has 0 saturated carbocycles. The van der Waals surface area contributed by atoms with Crippen molar-refractivity contribution in [3.63, 3.8) is 0 Å². The lowest BCUT2D eigenvalue weighted by atomic mass is 9.86. The summed E-state index contributed by atoms with van der Waals surface area (Å²) in [4.78, 5) is 13.4. The van der Waals surface area contributed by atoms with E-state index in [0.717, 1.165) is 12.1 Å². The van der Waals surface area contributed by atoms with Gasteiger partial charge in [-0.2, -0.15) is 0 Å². The molecule has 8 heteroatoms. The first-order valence-corrected chi connectivity index (χ1v) is 10.3. The molecule has 4 rings (SSSR count). The normalized spacial score (nSPS) is 17.4. The number of ether oxygens (including phenoxy) is 2. The van der Waals surface area contributed by atoms with Crippen LogP contribution in [0.2, 0.25) is 0 Å². The zero-order valence-corrected chi connectivity index (χ0v) is 18.2. The van der Waals surface area contributed by atoms with E-state index in [2.05, 4.69) is 0 Å². The van der Waals surface area contributed by atoms with Gasteiger partial charge in [0, 0.05) is 35.1 Å². The number of ketones is 1. The Morgan fingerprint density at radius 3 is 2.18 bits per heavy atom. The number of benzene rings is 3. The number of carbonyl (C=O) groups is 1. The number of carbonyl (C=O) groups excluding carboxylic acids is 1. The van der Waals surface area contributed by atoms with Crippen LogP contribution in [0.25, 0.3) is 0 Å². The first-order chi connectivity index (χ1) is 16.2. The second-order valence-electron chi connectivity index (χ2n) is 7.85. The third kappa shape index (κ3) is 4.16. The van der Waals surface area contributed by atoms with E-state index in [1.807, 2.05) is 0 Å². The molecule has 176 valence electrons. The van der Waals surface area contributed by atoms with E-state index < -0.39 is 52.3 Å². The maximum absolute atomic E-state index is 14.5. The standard InChI is InChI=1S/C26H19F5O3/c1-33-23-5-3-4-16(26(23)34-2)17-8-14(13-6-7-19(28)20(29)10-13)9-18(17)25(32)24-21(30)11-15(27)12-22(24)31/h3-7,9-12,14,17H,8H2,1-2H3. The first kappa shape index (κ1) is 23.5. The zero-order chi connectivity index (χ0) is 24.6. The van der Waals surface area contributed by atoms with Gasteiger partial charge in [0.1, 0.15) is 17.5 Å². The molecule has 0 amide bonds. The number of para-hydroxylation sites is 1. The summed E-state index contributed by atoms with van der Waals surface area (Å²) in [6, 6.07) is 9.22. The minimum absolute atomic E-state index is 0.0192. The molecule has 1 aliphatic carbocycles. The van der Waals surface area contributed by atoms with Crippen molar-refractivity contribution in [2.75, 3.05) is 14.2 Å². The quantitative estimate of drug-likeness (QED) is 0.303. The van der Waals surface area contributed by atoms with Gasteiger partial charge in [0.15, 0.2) is 28.9 Å². The van der Waals surface area contributed by atoms with E-state index in [9.17, 15) is 26.7 Å². The lowest BCUT2D eigenvalue weighted by molar-refractivity contribution is 0.102. The van der Waals surface area contributed by atoms with Crippen molar-refractivity contribution >= 4 is 5.78 Å². The summed E-state index contributed by atoms with van der Waals surface area (Å²) in [6.45, 7) is 0. The van der Waals surface area contributed by atoms with Gasteiger partial charge in [-0.3, -0.25) is 4.79 Å². The molecule has 3 aromatic rings. The van der Waals surface area contributed by atoms with E-state index in [0.29, 0.717) is 34.8 Å². The smallest absolute Gasteiger partial charge is 0.195 e. The monoisotopic (exact) mass is 474 g/mol. The Labute approximate surface area is 192 Å². The van der Waals surface area contributed by atoms with Crippen LogP contribution in [-0.4, -0.2) is 20.0 Å². The molecule has 3 aromatic carbocycles. The Hall–Kier alpha value is -3.68. The number of allylic oxidation sites excluding steroid dienone is 2. The molecule has 0 N–H and O–H groups in total. The summed E-state index contributed by atoms with van der Waals surface area (Å²) < 4.78 is 80.5. The average molecular weight is 474 g/mol. The van der Waals surface area contributed by atoms with E-state index in [1.165, 1.54) is 26.4 Å². The van der Waals surface area contributed by atoms with Gasteiger partial charge in [-0.25, -0.2) is 22.0 Å². The Balaban J connectivity index is 1.86. The molecule has 2 atom stereocenters. The lowest BCUT2D eigenvalue weighted by Gasteiger charge is -2.20. The highest BCUT2D eigenvalue weighted by atomic mass is 19.2. The number of hydrogen-bond acceptors (Lipinski definition) is 3.